The third kappa shape index (κ3) is 2.12. The van der Waals surface area contributed by atoms with Gasteiger partial charge in [0.25, 0.3) is 0 Å². The molecule has 1 rings (SSSR count). The van der Waals surface area contributed by atoms with Crippen LogP contribution in [0.25, 0.3) is 0 Å². The monoisotopic (exact) mass is 164 g/mol. The summed E-state index contributed by atoms with van der Waals surface area (Å²) < 4.78 is 14.8. The second-order valence-electron chi connectivity index (χ2n) is 1.59. The summed E-state index contributed by atoms with van der Waals surface area (Å²) >= 11 is 0. The molecule has 8 heteroatoms. The number of tetrazole rings is 1. The number of H-pyrrole nitrogens is 1. The van der Waals surface area contributed by atoms with Gasteiger partial charge in [-0.1, -0.05) is 10.2 Å². The molecule has 0 aliphatic heterocycles. The normalized spacial score (nSPS) is 16.2. The van der Waals surface area contributed by atoms with E-state index in [0.717, 1.165) is 6.66 Å². The van der Waals surface area contributed by atoms with Gasteiger partial charge >= 0.3 is 13.6 Å². The third-order valence-corrected chi connectivity index (χ3v) is 1.08. The molecule has 0 amide bonds. The molecule has 2 N–H and O–H groups in total. The molecule has 0 bridgehead atoms. The van der Waals surface area contributed by atoms with Crippen LogP contribution in [0.1, 0.15) is 0 Å². The molecule has 56 valence electrons. The second kappa shape index (κ2) is 2.36. The topological polar surface area (TPSA) is 101 Å². The number of nitrogens with zero attached hydrogens (tertiary/aromatic N) is 3. The highest BCUT2D eigenvalue weighted by atomic mass is 31.2. The molecule has 1 unspecified atom stereocenters. The quantitative estimate of drug-likeness (QED) is 0.565. The largest absolute Gasteiger partial charge is 0.387 e. The number of aromatic amines is 1. The molecular formula is C2H5N4O3P. The van der Waals surface area contributed by atoms with E-state index >= 15 is 0 Å². The molecule has 1 aromatic rings. The number of rotatable bonds is 2. The number of aromatic nitrogens is 4. The summed E-state index contributed by atoms with van der Waals surface area (Å²) in [4.78, 5) is 8.60. The molecular weight excluding hydrogens is 159 g/mol. The number of hydrogen-bond donors (Lipinski definition) is 2. The minimum atomic E-state index is -3.54. The first kappa shape index (κ1) is 7.17. The first-order chi connectivity index (χ1) is 4.58. The molecule has 0 spiro atoms. The number of hydrogen-bond acceptors (Lipinski definition) is 5. The fraction of sp³-hybridized carbons (Fsp3) is 0.500. The van der Waals surface area contributed by atoms with Crippen molar-refractivity contribution in [3.8, 4) is 6.01 Å². The van der Waals surface area contributed by atoms with E-state index in [1.54, 1.807) is 0 Å². The van der Waals surface area contributed by atoms with Crippen LogP contribution in [0.3, 0.4) is 0 Å². The third-order valence-electron chi connectivity index (χ3n) is 0.577. The zero-order valence-corrected chi connectivity index (χ0v) is 5.95. The lowest BCUT2D eigenvalue weighted by Gasteiger charge is -2.00. The van der Waals surface area contributed by atoms with Gasteiger partial charge in [0.1, 0.15) is 0 Å². The Kier molecular flexibility index (Phi) is 1.69. The Morgan fingerprint density at radius 1 is 1.80 bits per heavy atom. The van der Waals surface area contributed by atoms with E-state index in [-0.39, 0.29) is 6.01 Å². The first-order valence-corrected chi connectivity index (χ1v) is 4.34. The van der Waals surface area contributed by atoms with Crippen molar-refractivity contribution in [1.29, 1.82) is 0 Å². The first-order valence-electron chi connectivity index (χ1n) is 2.31. The average Bonchev–Trinajstić information content (AvgIpc) is 2.12. The fourth-order valence-electron chi connectivity index (χ4n) is 0.343. The standard InChI is InChI=1S/C2H5N4O3P/c1-10(7,8)9-2-3-5-6-4-2/h1H3,(H,7,8)(H,3,4,5,6). The van der Waals surface area contributed by atoms with Gasteiger partial charge in [-0.05, 0) is 5.21 Å². The van der Waals surface area contributed by atoms with Crippen LogP contribution < -0.4 is 4.52 Å². The minimum Gasteiger partial charge on any atom is -0.387 e. The Morgan fingerprint density at radius 2 is 2.50 bits per heavy atom. The molecule has 0 radical (unpaired) electrons. The average molecular weight is 164 g/mol. The molecule has 0 aliphatic carbocycles. The highest BCUT2D eigenvalue weighted by Crippen LogP contribution is 2.35. The predicted octanol–water partition coefficient (Wildman–Crippen LogP) is -0.606. The van der Waals surface area contributed by atoms with Gasteiger partial charge in [-0.15, -0.1) is 0 Å². The summed E-state index contributed by atoms with van der Waals surface area (Å²) in [5, 5.41) is 11.8. The smallest absolute Gasteiger partial charge is 0.375 e. The van der Waals surface area contributed by atoms with Crippen LogP contribution in [-0.2, 0) is 4.57 Å². The molecule has 0 saturated heterocycles. The van der Waals surface area contributed by atoms with Gasteiger partial charge in [-0.25, -0.2) is 4.57 Å². The Balaban J connectivity index is 2.66. The van der Waals surface area contributed by atoms with Crippen molar-refractivity contribution in [1.82, 2.24) is 20.6 Å². The predicted molar refractivity (Wildman–Crippen MR) is 30.6 cm³/mol. The van der Waals surface area contributed by atoms with Crippen LogP contribution in [0.4, 0.5) is 0 Å². The summed E-state index contributed by atoms with van der Waals surface area (Å²) in [7, 11) is -3.54. The second-order valence-corrected chi connectivity index (χ2v) is 3.38. The van der Waals surface area contributed by atoms with Crippen molar-refractivity contribution in [2.24, 2.45) is 0 Å². The van der Waals surface area contributed by atoms with Gasteiger partial charge in [-0.3, -0.25) is 0 Å². The van der Waals surface area contributed by atoms with Crippen LogP contribution in [-0.4, -0.2) is 32.2 Å². The Labute approximate surface area is 55.9 Å². The summed E-state index contributed by atoms with van der Waals surface area (Å²) in [5.74, 6) is 0. The zero-order valence-electron chi connectivity index (χ0n) is 5.05. The van der Waals surface area contributed by atoms with E-state index < -0.39 is 7.60 Å². The van der Waals surface area contributed by atoms with E-state index in [1.807, 2.05) is 0 Å². The summed E-state index contributed by atoms with van der Waals surface area (Å²) in [5.41, 5.74) is 0. The van der Waals surface area contributed by atoms with Gasteiger partial charge in [0.2, 0.25) is 0 Å². The van der Waals surface area contributed by atoms with Crippen LogP contribution in [0.15, 0.2) is 0 Å². The lowest BCUT2D eigenvalue weighted by atomic mass is 11.3. The highest BCUT2D eigenvalue weighted by molar-refractivity contribution is 7.52. The Hall–Kier alpha value is -0.940. The van der Waals surface area contributed by atoms with Crippen LogP contribution >= 0.6 is 7.60 Å². The van der Waals surface area contributed by atoms with Gasteiger partial charge in [0, 0.05) is 6.66 Å². The van der Waals surface area contributed by atoms with E-state index in [9.17, 15) is 4.57 Å². The molecule has 1 heterocycles. The maximum atomic E-state index is 10.5. The van der Waals surface area contributed by atoms with Gasteiger partial charge in [0.05, 0.1) is 0 Å². The van der Waals surface area contributed by atoms with Gasteiger partial charge in [0.15, 0.2) is 0 Å². The number of nitrogens with one attached hydrogen (secondary N) is 1. The van der Waals surface area contributed by atoms with E-state index in [2.05, 4.69) is 25.1 Å². The lowest BCUT2D eigenvalue weighted by molar-refractivity contribution is 0.374. The van der Waals surface area contributed by atoms with E-state index in [1.165, 1.54) is 0 Å². The molecule has 0 fully saturated rings. The summed E-state index contributed by atoms with van der Waals surface area (Å²) in [6.45, 7) is 1.03. The van der Waals surface area contributed by atoms with Crippen molar-refractivity contribution < 1.29 is 14.0 Å². The van der Waals surface area contributed by atoms with Crippen LogP contribution in [0.2, 0.25) is 0 Å². The van der Waals surface area contributed by atoms with Crippen molar-refractivity contribution in [3.63, 3.8) is 0 Å². The highest BCUT2D eigenvalue weighted by Gasteiger charge is 2.14. The molecule has 0 saturated carbocycles. The minimum absolute atomic E-state index is 0.228. The zero-order chi connectivity index (χ0) is 7.61. The molecule has 1 atom stereocenters. The summed E-state index contributed by atoms with van der Waals surface area (Å²) in [6.07, 6.45) is 0. The summed E-state index contributed by atoms with van der Waals surface area (Å²) in [6, 6.07) is -0.228. The van der Waals surface area contributed by atoms with Gasteiger partial charge in [-0.2, -0.15) is 5.21 Å². The molecule has 7 nitrogen and oxygen atoms in total. The SMILES string of the molecule is CP(=O)(O)Oc1nn[nH]n1. The lowest BCUT2D eigenvalue weighted by Crippen LogP contribution is -1.90. The molecule has 0 aliphatic rings. The van der Waals surface area contributed by atoms with Crippen molar-refractivity contribution in [2.75, 3.05) is 6.66 Å². The van der Waals surface area contributed by atoms with E-state index in [4.69, 9.17) is 4.89 Å². The molecule has 10 heavy (non-hydrogen) atoms. The van der Waals surface area contributed by atoms with Crippen molar-refractivity contribution in [3.05, 3.63) is 0 Å². The Morgan fingerprint density at radius 3 is 2.90 bits per heavy atom. The van der Waals surface area contributed by atoms with Crippen LogP contribution in [0, 0.1) is 0 Å². The maximum Gasteiger partial charge on any atom is 0.375 e. The van der Waals surface area contributed by atoms with E-state index in [0.29, 0.717) is 0 Å². The Bertz CT molecular complexity index is 239. The fourth-order valence-corrected chi connectivity index (χ4v) is 0.723. The van der Waals surface area contributed by atoms with Crippen molar-refractivity contribution >= 4 is 7.60 Å². The van der Waals surface area contributed by atoms with Gasteiger partial charge < -0.3 is 9.42 Å². The maximum absolute atomic E-state index is 10.5. The molecule has 0 aromatic carbocycles. The van der Waals surface area contributed by atoms with Crippen molar-refractivity contribution in [2.45, 2.75) is 0 Å². The van der Waals surface area contributed by atoms with Crippen LogP contribution in [0.5, 0.6) is 6.01 Å². The molecule has 1 aromatic heterocycles.